The van der Waals surface area contributed by atoms with Crippen LogP contribution < -0.4 is 5.48 Å². The molecule has 0 aromatic carbocycles. The van der Waals surface area contributed by atoms with Gasteiger partial charge in [-0.15, -0.1) is 5.48 Å². The first kappa shape index (κ1) is 9.13. The van der Waals surface area contributed by atoms with E-state index in [1.165, 1.54) is 7.11 Å². The molecule has 0 fully saturated rings. The molecule has 0 bridgehead atoms. The molecule has 10 heavy (non-hydrogen) atoms. The van der Waals surface area contributed by atoms with Crippen molar-refractivity contribution in [2.24, 2.45) is 0 Å². The van der Waals surface area contributed by atoms with E-state index in [1.54, 1.807) is 6.92 Å². The number of hydroxylamine groups is 1. The molecule has 0 amide bonds. The second-order valence-electron chi connectivity index (χ2n) is 1.75. The molecule has 4 nitrogen and oxygen atoms in total. The molecule has 0 spiro atoms. The first-order valence-electron chi connectivity index (χ1n) is 2.77. The van der Waals surface area contributed by atoms with Crippen LogP contribution >= 0.6 is 0 Å². The first-order valence-corrected chi connectivity index (χ1v) is 2.77. The fourth-order valence-electron chi connectivity index (χ4n) is 0.241. The molecule has 0 aliphatic heterocycles. The summed E-state index contributed by atoms with van der Waals surface area (Å²) < 4.78 is 4.55. The normalized spacial score (nSPS) is 9.00. The van der Waals surface area contributed by atoms with E-state index in [-0.39, 0.29) is 6.73 Å². The van der Waals surface area contributed by atoms with E-state index in [4.69, 9.17) is 0 Å². The number of ether oxygens (including phenoxy) is 1. The number of methoxy groups -OCH3 is 1. The maximum atomic E-state index is 10.6. The molecule has 0 heterocycles. The third-order valence-corrected chi connectivity index (χ3v) is 0.717. The van der Waals surface area contributed by atoms with Crippen molar-refractivity contribution < 1.29 is 14.4 Å². The third-order valence-electron chi connectivity index (χ3n) is 0.717. The van der Waals surface area contributed by atoms with E-state index < -0.39 is 5.97 Å². The van der Waals surface area contributed by atoms with Crippen LogP contribution in [-0.2, 0) is 14.4 Å². The lowest BCUT2D eigenvalue weighted by atomic mass is 10.4. The first-order chi connectivity index (χ1) is 4.68. The van der Waals surface area contributed by atoms with Crippen molar-refractivity contribution in [2.45, 2.75) is 6.92 Å². The summed E-state index contributed by atoms with van der Waals surface area (Å²) in [6.45, 7) is 5.12. The minimum Gasteiger partial charge on any atom is -0.366 e. The van der Waals surface area contributed by atoms with E-state index in [9.17, 15) is 4.79 Å². The molecule has 0 saturated heterocycles. The summed E-state index contributed by atoms with van der Waals surface area (Å²) in [6, 6.07) is 0. The standard InChI is InChI=1S/C6H11NO3/c1-5(2)6(8)10-7-4-9-3/h7H,1,4H2,2-3H3. The Morgan fingerprint density at radius 2 is 2.30 bits per heavy atom. The van der Waals surface area contributed by atoms with Crippen LogP contribution in [0.25, 0.3) is 0 Å². The van der Waals surface area contributed by atoms with Crippen LogP contribution in [0.2, 0.25) is 0 Å². The summed E-state index contributed by atoms with van der Waals surface area (Å²) >= 11 is 0. The highest BCUT2D eigenvalue weighted by Gasteiger charge is 2.00. The van der Waals surface area contributed by atoms with Gasteiger partial charge in [-0.1, -0.05) is 6.58 Å². The topological polar surface area (TPSA) is 47.6 Å². The molecule has 58 valence electrons. The number of nitrogens with one attached hydrogen (secondary N) is 1. The maximum absolute atomic E-state index is 10.6. The molecule has 0 rings (SSSR count). The van der Waals surface area contributed by atoms with Crippen molar-refractivity contribution >= 4 is 5.97 Å². The van der Waals surface area contributed by atoms with Crippen LogP contribution in [0, 0.1) is 0 Å². The number of carbonyl (C=O) groups excluding carboxylic acids is 1. The molecule has 0 aliphatic carbocycles. The maximum Gasteiger partial charge on any atom is 0.351 e. The van der Waals surface area contributed by atoms with Gasteiger partial charge in [-0.2, -0.15) is 0 Å². The summed E-state index contributed by atoms with van der Waals surface area (Å²) in [5.41, 5.74) is 2.63. The second-order valence-corrected chi connectivity index (χ2v) is 1.75. The van der Waals surface area contributed by atoms with Crippen LogP contribution in [0.3, 0.4) is 0 Å². The third kappa shape index (κ3) is 4.05. The van der Waals surface area contributed by atoms with Gasteiger partial charge in [0, 0.05) is 12.7 Å². The largest absolute Gasteiger partial charge is 0.366 e. The fraction of sp³-hybridized carbons (Fsp3) is 0.500. The summed E-state index contributed by atoms with van der Waals surface area (Å²) in [5, 5.41) is 0. The lowest BCUT2D eigenvalue weighted by Crippen LogP contribution is -2.22. The molecule has 1 N–H and O–H groups in total. The van der Waals surface area contributed by atoms with Crippen molar-refractivity contribution in [1.82, 2.24) is 5.48 Å². The minimum absolute atomic E-state index is 0.180. The van der Waals surface area contributed by atoms with E-state index in [2.05, 4.69) is 21.6 Å². The van der Waals surface area contributed by atoms with Gasteiger partial charge in [0.05, 0.1) is 0 Å². The lowest BCUT2D eigenvalue weighted by molar-refractivity contribution is -0.149. The molecule has 4 heteroatoms. The quantitative estimate of drug-likeness (QED) is 0.266. The Bertz CT molecular complexity index is 133. The summed E-state index contributed by atoms with van der Waals surface area (Å²) in [7, 11) is 1.49. The average Bonchev–Trinajstić information content (AvgIpc) is 1.88. The summed E-state index contributed by atoms with van der Waals surface area (Å²) in [6.07, 6.45) is 0. The second kappa shape index (κ2) is 4.96. The van der Waals surface area contributed by atoms with Gasteiger partial charge in [-0.3, -0.25) is 0 Å². The average molecular weight is 145 g/mol. The molecule has 0 saturated carbocycles. The van der Waals surface area contributed by atoms with Crippen molar-refractivity contribution in [3.8, 4) is 0 Å². The van der Waals surface area contributed by atoms with Gasteiger partial charge >= 0.3 is 5.97 Å². The van der Waals surface area contributed by atoms with Gasteiger partial charge in [0.1, 0.15) is 6.73 Å². The molecule has 0 radical (unpaired) electrons. The minimum atomic E-state index is -0.475. The van der Waals surface area contributed by atoms with Gasteiger partial charge in [0.25, 0.3) is 0 Å². The van der Waals surface area contributed by atoms with Gasteiger partial charge in [0.2, 0.25) is 0 Å². The molecule has 0 unspecified atom stereocenters. The Morgan fingerprint density at radius 3 is 2.70 bits per heavy atom. The predicted molar refractivity (Wildman–Crippen MR) is 35.9 cm³/mol. The van der Waals surface area contributed by atoms with E-state index in [1.807, 2.05) is 0 Å². The van der Waals surface area contributed by atoms with Crippen molar-refractivity contribution in [2.75, 3.05) is 13.8 Å². The van der Waals surface area contributed by atoms with E-state index in [0.717, 1.165) is 0 Å². The highest BCUT2D eigenvalue weighted by atomic mass is 16.7. The van der Waals surface area contributed by atoms with Gasteiger partial charge < -0.3 is 9.57 Å². The Hall–Kier alpha value is -0.870. The summed E-state index contributed by atoms with van der Waals surface area (Å²) in [4.78, 5) is 15.0. The van der Waals surface area contributed by atoms with Crippen molar-refractivity contribution in [3.63, 3.8) is 0 Å². The van der Waals surface area contributed by atoms with Crippen LogP contribution in [0.4, 0.5) is 0 Å². The van der Waals surface area contributed by atoms with Gasteiger partial charge in [0.15, 0.2) is 0 Å². The summed E-state index contributed by atoms with van der Waals surface area (Å²) in [5.74, 6) is -0.475. The molecule has 0 atom stereocenters. The Morgan fingerprint density at radius 1 is 1.70 bits per heavy atom. The highest BCUT2D eigenvalue weighted by Crippen LogP contribution is 1.87. The number of hydrogen-bond acceptors (Lipinski definition) is 4. The molecule has 0 aliphatic rings. The van der Waals surface area contributed by atoms with Crippen LogP contribution in [0.15, 0.2) is 12.2 Å². The molecule has 0 aromatic heterocycles. The van der Waals surface area contributed by atoms with Crippen LogP contribution in [0.5, 0.6) is 0 Å². The van der Waals surface area contributed by atoms with Crippen LogP contribution in [0.1, 0.15) is 6.92 Å². The Balaban J connectivity index is 3.31. The van der Waals surface area contributed by atoms with Crippen molar-refractivity contribution in [3.05, 3.63) is 12.2 Å². The predicted octanol–water partition coefficient (Wildman–Crippen LogP) is 0.214. The van der Waals surface area contributed by atoms with Gasteiger partial charge in [-0.05, 0) is 6.92 Å². The molecular formula is C6H11NO3. The zero-order chi connectivity index (χ0) is 7.98. The van der Waals surface area contributed by atoms with Gasteiger partial charge in [-0.25, -0.2) is 4.79 Å². The van der Waals surface area contributed by atoms with Crippen molar-refractivity contribution in [1.29, 1.82) is 0 Å². The molecule has 0 aromatic rings. The number of hydrogen-bond donors (Lipinski definition) is 1. The van der Waals surface area contributed by atoms with Crippen LogP contribution in [-0.4, -0.2) is 19.8 Å². The zero-order valence-corrected chi connectivity index (χ0v) is 6.14. The zero-order valence-electron chi connectivity index (χ0n) is 6.14. The Kier molecular flexibility index (Phi) is 4.53. The molecular weight excluding hydrogens is 134 g/mol. The smallest absolute Gasteiger partial charge is 0.351 e. The lowest BCUT2D eigenvalue weighted by Gasteiger charge is -2.02. The fourth-order valence-corrected chi connectivity index (χ4v) is 0.241. The SMILES string of the molecule is C=C(C)C(=O)ONCOC. The Labute approximate surface area is 59.8 Å². The number of rotatable bonds is 4. The monoisotopic (exact) mass is 145 g/mol. The van der Waals surface area contributed by atoms with E-state index in [0.29, 0.717) is 5.57 Å². The highest BCUT2D eigenvalue weighted by molar-refractivity contribution is 5.86. The number of carbonyl (C=O) groups is 1. The van der Waals surface area contributed by atoms with E-state index >= 15 is 0 Å².